The fourth-order valence-electron chi connectivity index (χ4n) is 3.85. The lowest BCUT2D eigenvalue weighted by molar-refractivity contribution is 0.0361. The van der Waals surface area contributed by atoms with Gasteiger partial charge in [0.1, 0.15) is 17.2 Å². The first-order valence-electron chi connectivity index (χ1n) is 10.2. The van der Waals surface area contributed by atoms with Crippen LogP contribution in [0, 0.1) is 5.82 Å². The molecule has 0 saturated carbocycles. The summed E-state index contributed by atoms with van der Waals surface area (Å²) in [6, 6.07) is 16.0. The van der Waals surface area contributed by atoms with Crippen molar-refractivity contribution in [2.75, 3.05) is 32.8 Å². The van der Waals surface area contributed by atoms with Crippen LogP contribution in [0.3, 0.4) is 0 Å². The van der Waals surface area contributed by atoms with E-state index in [-0.39, 0.29) is 5.82 Å². The number of fused-ring (bicyclic) bond motifs is 1. The average Bonchev–Trinajstić information content (AvgIpc) is 3.19. The number of halogens is 2. The van der Waals surface area contributed by atoms with Crippen LogP contribution in [-0.4, -0.2) is 57.7 Å². The minimum atomic E-state index is -0.324. The van der Waals surface area contributed by atoms with Gasteiger partial charge in [-0.1, -0.05) is 54.1 Å². The van der Waals surface area contributed by atoms with Crippen molar-refractivity contribution >= 4 is 22.6 Å². The van der Waals surface area contributed by atoms with Crippen LogP contribution in [0.4, 0.5) is 4.39 Å². The standard InChI is InChI=1S/C23H21ClFN5O/c24-20-19-21(17-7-4-8-18(25)15-17)28-30(10-9-29-11-13-31-14-12-29)23(19)27-26-22(20)16-5-2-1-3-6-16/h1-8,15H,9-14H2. The van der Waals surface area contributed by atoms with E-state index in [2.05, 4.69) is 15.1 Å². The molecule has 3 heterocycles. The number of hydrogen-bond acceptors (Lipinski definition) is 5. The lowest BCUT2D eigenvalue weighted by atomic mass is 10.1. The molecule has 2 aromatic heterocycles. The number of hydrogen-bond donors (Lipinski definition) is 0. The molecule has 1 fully saturated rings. The minimum Gasteiger partial charge on any atom is -0.379 e. The van der Waals surface area contributed by atoms with Gasteiger partial charge in [-0.15, -0.1) is 10.2 Å². The first-order valence-corrected chi connectivity index (χ1v) is 10.6. The van der Waals surface area contributed by atoms with Gasteiger partial charge in [0.05, 0.1) is 30.2 Å². The van der Waals surface area contributed by atoms with E-state index in [4.69, 9.17) is 21.4 Å². The van der Waals surface area contributed by atoms with Crippen LogP contribution >= 0.6 is 11.6 Å². The first kappa shape index (κ1) is 20.1. The number of nitrogens with zero attached hydrogens (tertiary/aromatic N) is 5. The fraction of sp³-hybridized carbons (Fsp3) is 0.261. The maximum Gasteiger partial charge on any atom is 0.182 e. The van der Waals surface area contributed by atoms with Gasteiger partial charge in [0.2, 0.25) is 0 Å². The quantitative estimate of drug-likeness (QED) is 0.466. The van der Waals surface area contributed by atoms with Gasteiger partial charge >= 0.3 is 0 Å². The van der Waals surface area contributed by atoms with Gasteiger partial charge in [-0.2, -0.15) is 5.10 Å². The summed E-state index contributed by atoms with van der Waals surface area (Å²) >= 11 is 6.86. The van der Waals surface area contributed by atoms with Crippen LogP contribution in [0.1, 0.15) is 0 Å². The summed E-state index contributed by atoms with van der Waals surface area (Å²) in [7, 11) is 0. The highest BCUT2D eigenvalue weighted by molar-refractivity contribution is 6.38. The molecule has 6 nitrogen and oxygen atoms in total. The van der Waals surface area contributed by atoms with Crippen molar-refractivity contribution < 1.29 is 9.13 Å². The highest BCUT2D eigenvalue weighted by Crippen LogP contribution is 2.37. The first-order chi connectivity index (χ1) is 15.2. The molecule has 0 atom stereocenters. The Morgan fingerprint density at radius 2 is 1.68 bits per heavy atom. The largest absolute Gasteiger partial charge is 0.379 e. The Bertz CT molecular complexity index is 1210. The highest BCUT2D eigenvalue weighted by Gasteiger charge is 2.22. The molecular weight excluding hydrogens is 417 g/mol. The van der Waals surface area contributed by atoms with E-state index >= 15 is 0 Å². The Hall–Kier alpha value is -2.87. The molecule has 158 valence electrons. The van der Waals surface area contributed by atoms with E-state index in [9.17, 15) is 4.39 Å². The minimum absolute atomic E-state index is 0.324. The average molecular weight is 438 g/mol. The Balaban J connectivity index is 1.62. The summed E-state index contributed by atoms with van der Waals surface area (Å²) in [5.74, 6) is -0.324. The molecule has 0 radical (unpaired) electrons. The third-order valence-corrected chi connectivity index (χ3v) is 5.84. The monoisotopic (exact) mass is 437 g/mol. The smallest absolute Gasteiger partial charge is 0.182 e. The molecule has 0 unspecified atom stereocenters. The molecule has 4 aromatic rings. The van der Waals surface area contributed by atoms with Crippen molar-refractivity contribution in [2.24, 2.45) is 0 Å². The zero-order chi connectivity index (χ0) is 21.2. The van der Waals surface area contributed by atoms with E-state index in [0.29, 0.717) is 39.6 Å². The fourth-order valence-corrected chi connectivity index (χ4v) is 4.17. The van der Waals surface area contributed by atoms with Crippen LogP contribution in [0.5, 0.6) is 0 Å². The van der Waals surface area contributed by atoms with E-state index < -0.39 is 0 Å². The Labute approximate surface area is 184 Å². The third-order valence-electron chi connectivity index (χ3n) is 5.47. The van der Waals surface area contributed by atoms with Crippen molar-refractivity contribution in [3.8, 4) is 22.5 Å². The second-order valence-corrected chi connectivity index (χ2v) is 7.84. The van der Waals surface area contributed by atoms with Gasteiger partial charge < -0.3 is 4.74 Å². The zero-order valence-electron chi connectivity index (χ0n) is 16.8. The summed E-state index contributed by atoms with van der Waals surface area (Å²) < 4.78 is 21.2. The molecule has 0 spiro atoms. The van der Waals surface area contributed by atoms with Gasteiger partial charge in [-0.05, 0) is 12.1 Å². The van der Waals surface area contributed by atoms with E-state index in [1.54, 1.807) is 6.07 Å². The molecule has 31 heavy (non-hydrogen) atoms. The summed E-state index contributed by atoms with van der Waals surface area (Å²) in [6.45, 7) is 4.69. The maximum absolute atomic E-state index is 14.0. The van der Waals surface area contributed by atoms with E-state index in [1.165, 1.54) is 12.1 Å². The highest BCUT2D eigenvalue weighted by atomic mass is 35.5. The third kappa shape index (κ3) is 4.04. The molecule has 0 bridgehead atoms. The van der Waals surface area contributed by atoms with Crippen molar-refractivity contribution in [3.05, 3.63) is 65.4 Å². The summed E-state index contributed by atoms with van der Waals surface area (Å²) in [6.07, 6.45) is 0. The van der Waals surface area contributed by atoms with E-state index in [0.717, 1.165) is 38.4 Å². The topological polar surface area (TPSA) is 56.1 Å². The second kappa shape index (κ2) is 8.70. The molecule has 0 amide bonds. The van der Waals surface area contributed by atoms with Gasteiger partial charge in [0.25, 0.3) is 0 Å². The predicted molar refractivity (Wildman–Crippen MR) is 118 cm³/mol. The van der Waals surface area contributed by atoms with E-state index in [1.807, 2.05) is 41.1 Å². The number of benzene rings is 2. The molecule has 1 aliphatic heterocycles. The SMILES string of the molecule is Fc1cccc(-c2nn(CCN3CCOCC3)c3nnc(-c4ccccc4)c(Cl)c23)c1. The van der Waals surface area contributed by atoms with Crippen LogP contribution in [-0.2, 0) is 11.3 Å². The Morgan fingerprint density at radius 3 is 2.45 bits per heavy atom. The van der Waals surface area contributed by atoms with Crippen LogP contribution in [0.15, 0.2) is 54.6 Å². The molecule has 8 heteroatoms. The molecule has 0 aliphatic carbocycles. The van der Waals surface area contributed by atoms with Crippen LogP contribution in [0.2, 0.25) is 5.02 Å². The zero-order valence-corrected chi connectivity index (χ0v) is 17.6. The molecule has 1 saturated heterocycles. The Kier molecular flexibility index (Phi) is 5.63. The molecule has 1 aliphatic rings. The molecule has 5 rings (SSSR count). The van der Waals surface area contributed by atoms with Crippen LogP contribution < -0.4 is 0 Å². The van der Waals surface area contributed by atoms with Gasteiger partial charge in [-0.3, -0.25) is 4.90 Å². The number of ether oxygens (including phenoxy) is 1. The normalized spacial score (nSPS) is 14.9. The van der Waals surface area contributed by atoms with Crippen molar-refractivity contribution in [3.63, 3.8) is 0 Å². The molecule has 2 aromatic carbocycles. The molecule has 0 N–H and O–H groups in total. The van der Waals surface area contributed by atoms with Crippen molar-refractivity contribution in [1.29, 1.82) is 0 Å². The van der Waals surface area contributed by atoms with Crippen molar-refractivity contribution in [2.45, 2.75) is 6.54 Å². The van der Waals surface area contributed by atoms with Crippen molar-refractivity contribution in [1.82, 2.24) is 24.9 Å². The van der Waals surface area contributed by atoms with Crippen LogP contribution in [0.25, 0.3) is 33.5 Å². The lowest BCUT2D eigenvalue weighted by Crippen LogP contribution is -2.38. The van der Waals surface area contributed by atoms with Gasteiger partial charge in [-0.25, -0.2) is 9.07 Å². The number of rotatable bonds is 5. The van der Waals surface area contributed by atoms with Gasteiger partial charge in [0.15, 0.2) is 5.65 Å². The molecular formula is C23H21ClFN5O. The Morgan fingerprint density at radius 1 is 0.903 bits per heavy atom. The number of morpholine rings is 1. The van der Waals surface area contributed by atoms with Gasteiger partial charge in [0, 0.05) is 30.8 Å². The summed E-state index contributed by atoms with van der Waals surface area (Å²) in [4.78, 5) is 2.33. The maximum atomic E-state index is 14.0. The number of aromatic nitrogens is 4. The predicted octanol–water partition coefficient (Wildman–Crippen LogP) is 4.29. The summed E-state index contributed by atoms with van der Waals surface area (Å²) in [5, 5.41) is 14.8. The second-order valence-electron chi connectivity index (χ2n) is 7.46. The lowest BCUT2D eigenvalue weighted by Gasteiger charge is -2.26. The summed E-state index contributed by atoms with van der Waals surface area (Å²) in [5.41, 5.74) is 3.31.